The van der Waals surface area contributed by atoms with Gasteiger partial charge in [-0.05, 0) is 43.2 Å². The highest BCUT2D eigenvalue weighted by molar-refractivity contribution is 7.89. The van der Waals surface area contributed by atoms with E-state index < -0.39 is 10.0 Å². The van der Waals surface area contributed by atoms with Crippen molar-refractivity contribution in [2.24, 2.45) is 0 Å². The lowest BCUT2D eigenvalue weighted by Crippen LogP contribution is -2.23. The molecule has 7 heteroatoms. The van der Waals surface area contributed by atoms with Gasteiger partial charge in [-0.15, -0.1) is 0 Å². The largest absolute Gasteiger partial charge is 0.371 e. The van der Waals surface area contributed by atoms with Crippen LogP contribution >= 0.6 is 0 Å². The topological polar surface area (TPSA) is 56.4 Å². The van der Waals surface area contributed by atoms with Crippen LogP contribution in [0.25, 0.3) is 22.2 Å². The quantitative estimate of drug-likeness (QED) is 0.740. The standard InChI is InChI=1S/C20H22FN3O2S/c1-23(2)27(25,26)15-8-9-19(24-10-3-4-11-24)16(13-15)18-12-14-6-5-7-17(21)20(14)22-18/h5-9,12-13,22H,3-4,10-11H2,1-2H3. The smallest absolute Gasteiger partial charge is 0.242 e. The Morgan fingerprint density at radius 1 is 1.07 bits per heavy atom. The average molecular weight is 387 g/mol. The van der Waals surface area contributed by atoms with E-state index in [9.17, 15) is 12.8 Å². The molecule has 0 radical (unpaired) electrons. The molecule has 3 aromatic rings. The molecule has 142 valence electrons. The van der Waals surface area contributed by atoms with Crippen LogP contribution in [0.5, 0.6) is 0 Å². The third kappa shape index (κ3) is 3.11. The van der Waals surface area contributed by atoms with Crippen molar-refractivity contribution in [3.05, 3.63) is 48.3 Å². The number of H-pyrrole nitrogens is 1. The van der Waals surface area contributed by atoms with Crippen LogP contribution in [0, 0.1) is 5.82 Å². The number of nitrogens with one attached hydrogen (secondary N) is 1. The molecule has 1 aromatic heterocycles. The van der Waals surface area contributed by atoms with Gasteiger partial charge in [0.1, 0.15) is 5.82 Å². The van der Waals surface area contributed by atoms with Crippen LogP contribution < -0.4 is 4.90 Å². The average Bonchev–Trinajstić information content (AvgIpc) is 3.31. The molecule has 5 nitrogen and oxygen atoms in total. The predicted octanol–water partition coefficient (Wildman–Crippen LogP) is 3.82. The number of halogens is 1. The number of rotatable bonds is 4. The summed E-state index contributed by atoms with van der Waals surface area (Å²) in [7, 11) is -0.528. The first-order chi connectivity index (χ1) is 12.9. The number of sulfonamides is 1. The van der Waals surface area contributed by atoms with E-state index in [1.165, 1.54) is 24.5 Å². The zero-order chi connectivity index (χ0) is 19.2. The minimum Gasteiger partial charge on any atom is -0.371 e. The molecule has 0 spiro atoms. The number of nitrogens with zero attached hydrogens (tertiary/aromatic N) is 2. The fourth-order valence-corrected chi connectivity index (χ4v) is 4.53. The molecule has 0 aliphatic carbocycles. The number of aromatic amines is 1. The second-order valence-corrected chi connectivity index (χ2v) is 9.20. The molecule has 0 saturated carbocycles. The lowest BCUT2D eigenvalue weighted by atomic mass is 10.1. The minimum atomic E-state index is -3.56. The van der Waals surface area contributed by atoms with Crippen LogP contribution in [0.15, 0.2) is 47.4 Å². The second-order valence-electron chi connectivity index (χ2n) is 7.05. The fraction of sp³-hybridized carbons (Fsp3) is 0.300. The summed E-state index contributed by atoms with van der Waals surface area (Å²) in [5.41, 5.74) is 2.89. The molecule has 0 atom stereocenters. The van der Waals surface area contributed by atoms with Crippen molar-refractivity contribution in [2.45, 2.75) is 17.7 Å². The first-order valence-electron chi connectivity index (χ1n) is 8.97. The molecule has 1 fully saturated rings. The van der Waals surface area contributed by atoms with Crippen molar-refractivity contribution in [2.75, 3.05) is 32.1 Å². The van der Waals surface area contributed by atoms with Crippen molar-refractivity contribution in [3.8, 4) is 11.3 Å². The van der Waals surface area contributed by atoms with E-state index in [2.05, 4.69) is 9.88 Å². The van der Waals surface area contributed by atoms with Gasteiger partial charge in [-0.3, -0.25) is 0 Å². The number of hydrogen-bond acceptors (Lipinski definition) is 3. The SMILES string of the molecule is CN(C)S(=O)(=O)c1ccc(N2CCCC2)c(-c2cc3cccc(F)c3[nH]2)c1. The molecule has 4 rings (SSSR count). The number of benzene rings is 2. The summed E-state index contributed by atoms with van der Waals surface area (Å²) >= 11 is 0. The van der Waals surface area contributed by atoms with E-state index in [1.54, 1.807) is 18.2 Å². The lowest BCUT2D eigenvalue weighted by Gasteiger charge is -2.22. The van der Waals surface area contributed by atoms with E-state index >= 15 is 0 Å². The van der Waals surface area contributed by atoms with Gasteiger partial charge in [0, 0.05) is 49.5 Å². The summed E-state index contributed by atoms with van der Waals surface area (Å²) in [6.07, 6.45) is 2.22. The van der Waals surface area contributed by atoms with E-state index in [0.717, 1.165) is 42.6 Å². The first kappa shape index (κ1) is 18.0. The summed E-state index contributed by atoms with van der Waals surface area (Å²) in [5, 5.41) is 0.762. The second kappa shape index (κ2) is 6.65. The number of aromatic nitrogens is 1. The Morgan fingerprint density at radius 3 is 2.48 bits per heavy atom. The molecule has 2 aromatic carbocycles. The molecule has 1 aliphatic heterocycles. The van der Waals surface area contributed by atoms with Gasteiger partial charge in [-0.1, -0.05) is 12.1 Å². The Bertz CT molecular complexity index is 1100. The molecule has 1 N–H and O–H groups in total. The third-order valence-corrected chi connectivity index (χ3v) is 6.90. The van der Waals surface area contributed by atoms with Crippen molar-refractivity contribution in [1.29, 1.82) is 0 Å². The van der Waals surface area contributed by atoms with Gasteiger partial charge in [-0.2, -0.15) is 0 Å². The van der Waals surface area contributed by atoms with Crippen LogP contribution in [0.4, 0.5) is 10.1 Å². The van der Waals surface area contributed by atoms with Gasteiger partial charge >= 0.3 is 0 Å². The van der Waals surface area contributed by atoms with E-state index in [0.29, 0.717) is 11.2 Å². The highest BCUT2D eigenvalue weighted by Gasteiger charge is 2.23. The van der Waals surface area contributed by atoms with E-state index in [1.807, 2.05) is 18.2 Å². The summed E-state index contributed by atoms with van der Waals surface area (Å²) in [4.78, 5) is 5.62. The Balaban J connectivity index is 1.93. The van der Waals surface area contributed by atoms with Crippen LogP contribution in [0.1, 0.15) is 12.8 Å². The van der Waals surface area contributed by atoms with Gasteiger partial charge in [0.2, 0.25) is 10.0 Å². The maximum Gasteiger partial charge on any atom is 0.242 e. The highest BCUT2D eigenvalue weighted by atomic mass is 32.2. The van der Waals surface area contributed by atoms with Crippen molar-refractivity contribution >= 4 is 26.6 Å². The van der Waals surface area contributed by atoms with Crippen LogP contribution in [-0.2, 0) is 10.0 Å². The van der Waals surface area contributed by atoms with Crippen LogP contribution in [0.2, 0.25) is 0 Å². The molecular weight excluding hydrogens is 365 g/mol. The maximum atomic E-state index is 14.1. The molecule has 0 bridgehead atoms. The number of para-hydroxylation sites is 1. The monoisotopic (exact) mass is 387 g/mol. The maximum absolute atomic E-state index is 14.1. The van der Waals surface area contributed by atoms with E-state index in [-0.39, 0.29) is 10.7 Å². The van der Waals surface area contributed by atoms with Crippen molar-refractivity contribution in [1.82, 2.24) is 9.29 Å². The molecule has 2 heterocycles. The first-order valence-corrected chi connectivity index (χ1v) is 10.4. The fourth-order valence-electron chi connectivity index (χ4n) is 3.60. The molecule has 27 heavy (non-hydrogen) atoms. The van der Waals surface area contributed by atoms with Crippen LogP contribution in [0.3, 0.4) is 0 Å². The Hall–Kier alpha value is -2.38. The van der Waals surface area contributed by atoms with Gasteiger partial charge in [0.15, 0.2) is 0 Å². The lowest BCUT2D eigenvalue weighted by molar-refractivity contribution is 0.521. The molecule has 1 aliphatic rings. The molecular formula is C20H22FN3O2S. The molecule has 0 unspecified atom stereocenters. The highest BCUT2D eigenvalue weighted by Crippen LogP contribution is 2.36. The Morgan fingerprint density at radius 2 is 1.81 bits per heavy atom. The molecule has 0 amide bonds. The predicted molar refractivity (Wildman–Crippen MR) is 106 cm³/mol. The zero-order valence-corrected chi connectivity index (χ0v) is 16.2. The third-order valence-electron chi connectivity index (χ3n) is 5.09. The number of fused-ring (bicyclic) bond motifs is 1. The summed E-state index contributed by atoms with van der Waals surface area (Å²) in [6, 6.07) is 12.0. The Labute approximate surface area is 158 Å². The van der Waals surface area contributed by atoms with E-state index in [4.69, 9.17) is 0 Å². The number of hydrogen-bond donors (Lipinski definition) is 1. The number of anilines is 1. The van der Waals surface area contributed by atoms with Gasteiger partial charge in [-0.25, -0.2) is 17.1 Å². The van der Waals surface area contributed by atoms with Gasteiger partial charge in [0.25, 0.3) is 0 Å². The normalized spacial score (nSPS) is 15.2. The summed E-state index contributed by atoms with van der Waals surface area (Å²) in [6.45, 7) is 1.86. The zero-order valence-electron chi connectivity index (χ0n) is 15.4. The minimum absolute atomic E-state index is 0.226. The van der Waals surface area contributed by atoms with Crippen LogP contribution in [-0.4, -0.2) is 44.9 Å². The summed E-state index contributed by atoms with van der Waals surface area (Å²) < 4.78 is 40.6. The molecule has 1 saturated heterocycles. The van der Waals surface area contributed by atoms with Crippen molar-refractivity contribution in [3.63, 3.8) is 0 Å². The van der Waals surface area contributed by atoms with Crippen molar-refractivity contribution < 1.29 is 12.8 Å². The summed E-state index contributed by atoms with van der Waals surface area (Å²) in [5.74, 6) is -0.321. The Kier molecular flexibility index (Phi) is 4.44. The van der Waals surface area contributed by atoms with Gasteiger partial charge in [0.05, 0.1) is 10.4 Å². The van der Waals surface area contributed by atoms with Gasteiger partial charge < -0.3 is 9.88 Å².